The number of imide groups is 1. The van der Waals surface area contributed by atoms with Crippen LogP contribution in [0.3, 0.4) is 0 Å². The quantitative estimate of drug-likeness (QED) is 0.290. The summed E-state index contributed by atoms with van der Waals surface area (Å²) in [6.07, 6.45) is -0.720. The molecule has 180 valence electrons. The zero-order chi connectivity index (χ0) is 25.2. The van der Waals surface area contributed by atoms with Crippen molar-refractivity contribution in [3.63, 3.8) is 0 Å². The minimum absolute atomic E-state index is 0.0741. The highest BCUT2D eigenvalue weighted by atomic mass is 35.5. The van der Waals surface area contributed by atoms with E-state index in [1.165, 1.54) is 0 Å². The van der Waals surface area contributed by atoms with Crippen molar-refractivity contribution in [1.82, 2.24) is 0 Å². The Morgan fingerprint density at radius 1 is 0.750 bits per heavy atom. The second-order valence-electron chi connectivity index (χ2n) is 9.23. The van der Waals surface area contributed by atoms with Crippen molar-refractivity contribution < 1.29 is 22.8 Å². The van der Waals surface area contributed by atoms with Gasteiger partial charge in [0.25, 0.3) is 0 Å². The van der Waals surface area contributed by atoms with Crippen LogP contribution in [0, 0.1) is 23.7 Å². The zero-order valence-corrected chi connectivity index (χ0v) is 19.5. The Morgan fingerprint density at radius 2 is 1.25 bits per heavy atom. The summed E-state index contributed by atoms with van der Waals surface area (Å²) >= 11 is 6.20. The van der Waals surface area contributed by atoms with Gasteiger partial charge >= 0.3 is 6.18 Å². The van der Waals surface area contributed by atoms with Crippen molar-refractivity contribution in [2.75, 3.05) is 4.90 Å². The van der Waals surface area contributed by atoms with Crippen molar-refractivity contribution in [2.45, 2.75) is 6.18 Å². The summed E-state index contributed by atoms with van der Waals surface area (Å²) in [5.41, 5.74) is 2.77. The van der Waals surface area contributed by atoms with Crippen molar-refractivity contribution in [1.29, 1.82) is 0 Å². The molecule has 2 amide bonds. The minimum Gasteiger partial charge on any atom is -0.274 e. The molecule has 0 unspecified atom stereocenters. The number of hydrogen-bond donors (Lipinski definition) is 0. The fourth-order valence-electron chi connectivity index (χ4n) is 5.90. The number of carbonyl (C=O) groups excluding carboxylic acids is 2. The molecule has 0 spiro atoms. The van der Waals surface area contributed by atoms with Crippen molar-refractivity contribution in [2.24, 2.45) is 23.7 Å². The van der Waals surface area contributed by atoms with Gasteiger partial charge in [0.1, 0.15) is 0 Å². The number of benzene rings is 3. The Balaban J connectivity index is 1.47. The van der Waals surface area contributed by atoms with Gasteiger partial charge in [-0.25, -0.2) is 4.90 Å². The molecule has 1 saturated carbocycles. The molecule has 0 N–H and O–H groups in total. The molecule has 2 aliphatic carbocycles. The van der Waals surface area contributed by atoms with E-state index in [9.17, 15) is 22.8 Å². The standard InChI is InChI=1S/C29H19ClF3NO2/c30-21-14-11-18(29(31,32)33)15-22(21)34-27(35)25-19-12-13-20(26(25)28(34)36)24(19)23(16-7-3-1-4-8-16)17-9-5-2-6-10-17/h1-15,19-20,25-26H/t19-,20+,25-,26+. The number of carbonyl (C=O) groups is 2. The maximum atomic E-state index is 13.7. The largest absolute Gasteiger partial charge is 0.416 e. The van der Waals surface area contributed by atoms with Crippen LogP contribution in [0.25, 0.3) is 5.57 Å². The molecule has 3 aromatic carbocycles. The summed E-state index contributed by atoms with van der Waals surface area (Å²) in [7, 11) is 0. The van der Waals surface area contributed by atoms with Crippen LogP contribution >= 0.6 is 11.6 Å². The summed E-state index contributed by atoms with van der Waals surface area (Å²) in [5.74, 6) is -3.06. The fraction of sp³-hybridized carbons (Fsp3) is 0.172. The molecule has 0 radical (unpaired) electrons. The molecule has 4 atom stereocenters. The third kappa shape index (κ3) is 3.35. The lowest BCUT2D eigenvalue weighted by molar-refractivity contribution is -0.137. The van der Waals surface area contributed by atoms with Crippen LogP contribution in [-0.4, -0.2) is 11.8 Å². The second kappa shape index (κ2) is 8.20. The minimum atomic E-state index is -4.63. The molecule has 7 heteroatoms. The Bertz CT molecular complexity index is 1370. The Morgan fingerprint density at radius 3 is 1.72 bits per heavy atom. The van der Waals surface area contributed by atoms with E-state index in [2.05, 4.69) is 0 Å². The van der Waals surface area contributed by atoms with Crippen LogP contribution in [-0.2, 0) is 15.8 Å². The molecule has 1 heterocycles. The molecular weight excluding hydrogens is 487 g/mol. The monoisotopic (exact) mass is 505 g/mol. The molecule has 3 aliphatic rings. The van der Waals surface area contributed by atoms with Gasteiger partial charge in [-0.1, -0.05) is 84.4 Å². The van der Waals surface area contributed by atoms with E-state index in [4.69, 9.17) is 11.6 Å². The van der Waals surface area contributed by atoms with Crippen LogP contribution in [0.1, 0.15) is 16.7 Å². The molecule has 36 heavy (non-hydrogen) atoms. The maximum Gasteiger partial charge on any atom is 0.416 e. The van der Waals surface area contributed by atoms with Gasteiger partial charge in [-0.3, -0.25) is 9.59 Å². The van der Waals surface area contributed by atoms with Gasteiger partial charge in [0.2, 0.25) is 11.8 Å². The lowest BCUT2D eigenvalue weighted by Gasteiger charge is -2.23. The molecule has 1 saturated heterocycles. The summed E-state index contributed by atoms with van der Waals surface area (Å²) in [6, 6.07) is 22.3. The van der Waals surface area contributed by atoms with E-state index < -0.39 is 35.4 Å². The number of alkyl halides is 3. The molecule has 3 nitrogen and oxygen atoms in total. The fourth-order valence-corrected chi connectivity index (χ4v) is 6.11. The third-order valence-corrected chi connectivity index (χ3v) is 7.66. The number of rotatable bonds is 3. The van der Waals surface area contributed by atoms with Gasteiger partial charge in [-0.05, 0) is 40.5 Å². The van der Waals surface area contributed by atoms with E-state index in [0.717, 1.165) is 45.4 Å². The highest BCUT2D eigenvalue weighted by molar-refractivity contribution is 6.36. The highest BCUT2D eigenvalue weighted by Crippen LogP contribution is 2.59. The first-order chi connectivity index (χ1) is 17.3. The average Bonchev–Trinajstić information content (AvgIpc) is 3.50. The summed E-state index contributed by atoms with van der Waals surface area (Å²) in [4.78, 5) is 28.2. The van der Waals surface area contributed by atoms with Gasteiger partial charge in [-0.2, -0.15) is 13.2 Å². The van der Waals surface area contributed by atoms with Crippen LogP contribution in [0.5, 0.6) is 0 Å². The maximum absolute atomic E-state index is 13.7. The molecule has 2 bridgehead atoms. The third-order valence-electron chi connectivity index (χ3n) is 7.34. The van der Waals surface area contributed by atoms with Crippen LogP contribution in [0.2, 0.25) is 5.02 Å². The highest BCUT2D eigenvalue weighted by Gasteiger charge is 2.62. The predicted octanol–water partition coefficient (Wildman–Crippen LogP) is 6.78. The van der Waals surface area contributed by atoms with Crippen molar-refractivity contribution in [3.05, 3.63) is 118 Å². The summed E-state index contributed by atoms with van der Waals surface area (Å²) < 4.78 is 40.1. The average molecular weight is 506 g/mol. The van der Waals surface area contributed by atoms with E-state index in [0.29, 0.717) is 0 Å². The lowest BCUT2D eigenvalue weighted by atomic mass is 9.85. The molecule has 6 rings (SSSR count). The summed E-state index contributed by atoms with van der Waals surface area (Å²) in [6.45, 7) is 0. The molecule has 1 aliphatic heterocycles. The predicted molar refractivity (Wildman–Crippen MR) is 131 cm³/mol. The second-order valence-corrected chi connectivity index (χ2v) is 9.63. The normalized spacial score (nSPS) is 24.6. The first-order valence-electron chi connectivity index (χ1n) is 11.5. The van der Waals surface area contributed by atoms with E-state index >= 15 is 0 Å². The zero-order valence-electron chi connectivity index (χ0n) is 18.7. The molecular formula is C29H19ClF3NO2. The summed E-state index contributed by atoms with van der Waals surface area (Å²) in [5, 5.41) is -0.0741. The number of anilines is 1. The van der Waals surface area contributed by atoms with E-state index in [1.807, 2.05) is 72.8 Å². The Hall–Kier alpha value is -3.64. The molecule has 2 fully saturated rings. The Labute approximate surface area is 210 Å². The van der Waals surface area contributed by atoms with Gasteiger partial charge in [0.15, 0.2) is 0 Å². The smallest absolute Gasteiger partial charge is 0.274 e. The topological polar surface area (TPSA) is 37.4 Å². The Kier molecular flexibility index (Phi) is 5.20. The van der Waals surface area contributed by atoms with E-state index in [-0.39, 0.29) is 22.5 Å². The van der Waals surface area contributed by atoms with Gasteiger partial charge in [0, 0.05) is 11.8 Å². The lowest BCUT2D eigenvalue weighted by Crippen LogP contribution is -2.33. The molecule has 3 aromatic rings. The number of allylic oxidation sites excluding steroid dienone is 3. The number of halogens is 4. The van der Waals surface area contributed by atoms with Gasteiger partial charge in [-0.15, -0.1) is 0 Å². The van der Waals surface area contributed by atoms with Crippen LogP contribution in [0.15, 0.2) is 96.6 Å². The van der Waals surface area contributed by atoms with Crippen LogP contribution in [0.4, 0.5) is 18.9 Å². The number of amides is 2. The van der Waals surface area contributed by atoms with Gasteiger partial charge < -0.3 is 0 Å². The van der Waals surface area contributed by atoms with E-state index in [1.54, 1.807) is 0 Å². The first-order valence-corrected chi connectivity index (χ1v) is 11.9. The number of nitrogens with zero attached hydrogens (tertiary/aromatic N) is 1. The van der Waals surface area contributed by atoms with Crippen LogP contribution < -0.4 is 4.90 Å². The SMILES string of the molecule is O=C1[C@@H]2[C@H](C(=O)N1c1cc(C(F)(F)F)ccc1Cl)[C@@H]1C=C[C@H]2C1=C(c1ccccc1)c1ccccc1. The first kappa shape index (κ1) is 22.8. The van der Waals surface area contributed by atoms with Gasteiger partial charge in [0.05, 0.1) is 28.1 Å². The number of hydrogen-bond acceptors (Lipinski definition) is 2. The van der Waals surface area contributed by atoms with Crippen molar-refractivity contribution in [3.8, 4) is 0 Å². The van der Waals surface area contributed by atoms with Crippen molar-refractivity contribution >= 4 is 34.7 Å². The number of fused-ring (bicyclic) bond motifs is 5. The molecule has 0 aromatic heterocycles.